The van der Waals surface area contributed by atoms with E-state index in [-0.39, 0.29) is 18.5 Å². The number of aliphatic hydroxyl groups is 1. The minimum Gasteiger partial charge on any atom is -0.395 e. The molecule has 0 bridgehead atoms. The highest BCUT2D eigenvalue weighted by molar-refractivity contribution is 5.71. The second-order valence-electron chi connectivity index (χ2n) is 9.63. The van der Waals surface area contributed by atoms with Crippen LogP contribution in [0.15, 0.2) is 61.2 Å². The molecule has 35 heavy (non-hydrogen) atoms. The van der Waals surface area contributed by atoms with Crippen molar-refractivity contribution in [3.05, 3.63) is 72.6 Å². The molecule has 2 aliphatic heterocycles. The molecule has 2 aliphatic rings. The van der Waals surface area contributed by atoms with Gasteiger partial charge in [-0.05, 0) is 49.1 Å². The second kappa shape index (κ2) is 8.94. The standard InChI is InChI=1S/C27H29FN6O/c1-18(17-35)30-12-19-6-8-32(14-19)26-11-22-16-33-15-21(20-2-4-23(28)5-3-20)10-24(33)27-29-7-9-34(27)25(22)13-31-26/h2-5,7,9-11,13,15,18-19,30,35H,6,8,12,14,16-17H2,1H3/t18?,19-/m1/s1. The van der Waals surface area contributed by atoms with Crippen LogP contribution in [0.1, 0.15) is 18.9 Å². The number of benzene rings is 1. The molecule has 3 aromatic heterocycles. The van der Waals surface area contributed by atoms with Gasteiger partial charge in [0.15, 0.2) is 5.82 Å². The minimum atomic E-state index is -0.234. The van der Waals surface area contributed by atoms with Crippen molar-refractivity contribution in [2.75, 3.05) is 31.1 Å². The Bertz CT molecular complexity index is 1340. The van der Waals surface area contributed by atoms with Gasteiger partial charge in [-0.25, -0.2) is 14.4 Å². The second-order valence-corrected chi connectivity index (χ2v) is 9.63. The Balaban J connectivity index is 1.30. The number of aromatic nitrogens is 4. The summed E-state index contributed by atoms with van der Waals surface area (Å²) in [5.74, 6) is 2.18. The summed E-state index contributed by atoms with van der Waals surface area (Å²) < 4.78 is 17.8. The zero-order valence-electron chi connectivity index (χ0n) is 19.7. The molecule has 0 spiro atoms. The number of hydrogen-bond donors (Lipinski definition) is 2. The zero-order chi connectivity index (χ0) is 23.9. The topological polar surface area (TPSA) is 71.1 Å². The molecule has 2 atom stereocenters. The molecule has 5 heterocycles. The summed E-state index contributed by atoms with van der Waals surface area (Å²) in [6, 6.07) is 11.1. The molecule has 0 radical (unpaired) electrons. The predicted octanol–water partition coefficient (Wildman–Crippen LogP) is 3.70. The van der Waals surface area contributed by atoms with Crippen LogP contribution >= 0.6 is 0 Å². The maximum atomic E-state index is 13.4. The third kappa shape index (κ3) is 4.13. The van der Waals surface area contributed by atoms with E-state index in [1.807, 2.05) is 37.6 Å². The fourth-order valence-electron chi connectivity index (χ4n) is 5.13. The van der Waals surface area contributed by atoms with E-state index in [0.717, 1.165) is 60.2 Å². The molecule has 2 N–H and O–H groups in total. The van der Waals surface area contributed by atoms with Gasteiger partial charge >= 0.3 is 0 Å². The van der Waals surface area contributed by atoms with Gasteiger partial charge in [-0.1, -0.05) is 12.1 Å². The molecule has 1 aromatic carbocycles. The fraction of sp³-hybridized carbons (Fsp3) is 0.333. The van der Waals surface area contributed by atoms with Crippen molar-refractivity contribution in [2.45, 2.75) is 25.9 Å². The lowest BCUT2D eigenvalue weighted by Crippen LogP contribution is -2.34. The molecule has 1 saturated heterocycles. The molecule has 1 fully saturated rings. The largest absolute Gasteiger partial charge is 0.395 e. The van der Waals surface area contributed by atoms with Crippen molar-refractivity contribution < 1.29 is 9.50 Å². The van der Waals surface area contributed by atoms with E-state index in [9.17, 15) is 9.50 Å². The summed E-state index contributed by atoms with van der Waals surface area (Å²) in [4.78, 5) is 11.8. The van der Waals surface area contributed by atoms with Gasteiger partial charge in [0.05, 0.1) is 24.2 Å². The van der Waals surface area contributed by atoms with E-state index >= 15 is 0 Å². The Morgan fingerprint density at radius 2 is 2.03 bits per heavy atom. The number of halogens is 1. The Morgan fingerprint density at radius 3 is 2.86 bits per heavy atom. The van der Waals surface area contributed by atoms with Crippen LogP contribution in [-0.4, -0.2) is 56.5 Å². The number of fused-ring (bicyclic) bond motifs is 5. The van der Waals surface area contributed by atoms with Gasteiger partial charge < -0.3 is 19.9 Å². The predicted molar refractivity (Wildman–Crippen MR) is 134 cm³/mol. The lowest BCUT2D eigenvalue weighted by molar-refractivity contribution is 0.247. The summed E-state index contributed by atoms with van der Waals surface area (Å²) in [6.45, 7) is 5.70. The first kappa shape index (κ1) is 22.0. The number of anilines is 1. The van der Waals surface area contributed by atoms with Crippen molar-refractivity contribution in [3.63, 3.8) is 0 Å². The molecule has 0 saturated carbocycles. The van der Waals surface area contributed by atoms with Crippen LogP contribution in [0.3, 0.4) is 0 Å². The third-order valence-electron chi connectivity index (χ3n) is 7.13. The summed E-state index contributed by atoms with van der Waals surface area (Å²) in [7, 11) is 0. The highest BCUT2D eigenvalue weighted by atomic mass is 19.1. The van der Waals surface area contributed by atoms with Crippen LogP contribution < -0.4 is 10.2 Å². The maximum absolute atomic E-state index is 13.4. The normalized spacial score (nSPS) is 17.6. The molecule has 6 rings (SSSR count). The number of aliphatic hydroxyl groups excluding tert-OH is 1. The van der Waals surface area contributed by atoms with Crippen molar-refractivity contribution in [1.29, 1.82) is 0 Å². The number of pyridine rings is 1. The number of hydrogen-bond acceptors (Lipinski definition) is 5. The first-order valence-electron chi connectivity index (χ1n) is 12.2. The summed E-state index contributed by atoms with van der Waals surface area (Å²) in [5, 5.41) is 12.7. The van der Waals surface area contributed by atoms with Gasteiger partial charge in [0.2, 0.25) is 0 Å². The number of nitrogens with one attached hydrogen (secondary N) is 1. The molecular weight excluding hydrogens is 443 g/mol. The van der Waals surface area contributed by atoms with Gasteiger partial charge in [-0.3, -0.25) is 4.57 Å². The van der Waals surface area contributed by atoms with Crippen molar-refractivity contribution >= 4 is 5.82 Å². The summed E-state index contributed by atoms with van der Waals surface area (Å²) in [5.41, 5.74) is 5.27. The van der Waals surface area contributed by atoms with Crippen LogP contribution in [-0.2, 0) is 6.54 Å². The quantitative estimate of drug-likeness (QED) is 0.394. The van der Waals surface area contributed by atoms with Crippen LogP contribution in [0.25, 0.3) is 28.3 Å². The fourth-order valence-corrected chi connectivity index (χ4v) is 5.13. The Morgan fingerprint density at radius 1 is 1.17 bits per heavy atom. The Labute approximate surface area is 203 Å². The third-order valence-corrected chi connectivity index (χ3v) is 7.13. The zero-order valence-corrected chi connectivity index (χ0v) is 19.7. The Hall–Kier alpha value is -3.49. The van der Waals surface area contributed by atoms with Crippen LogP contribution in [0.4, 0.5) is 10.2 Å². The maximum Gasteiger partial charge on any atom is 0.161 e. The van der Waals surface area contributed by atoms with Crippen LogP contribution in [0, 0.1) is 11.7 Å². The monoisotopic (exact) mass is 472 g/mol. The molecule has 4 aromatic rings. The van der Waals surface area contributed by atoms with E-state index in [4.69, 9.17) is 4.98 Å². The number of rotatable bonds is 6. The van der Waals surface area contributed by atoms with Crippen molar-refractivity contribution in [1.82, 2.24) is 24.4 Å². The SMILES string of the molecule is CC(CO)NC[C@H]1CCN(c2cc3c(cn2)-n2ccnc2-c2cc(-c4ccc(F)cc4)cn2C3)C1. The smallest absolute Gasteiger partial charge is 0.161 e. The Kier molecular flexibility index (Phi) is 5.62. The van der Waals surface area contributed by atoms with Crippen LogP contribution in [0.5, 0.6) is 0 Å². The summed E-state index contributed by atoms with van der Waals surface area (Å²) >= 11 is 0. The first-order valence-corrected chi connectivity index (χ1v) is 12.2. The van der Waals surface area contributed by atoms with Gasteiger partial charge in [0, 0.05) is 61.9 Å². The van der Waals surface area contributed by atoms with E-state index in [1.165, 1.54) is 17.7 Å². The molecule has 8 heteroatoms. The highest BCUT2D eigenvalue weighted by Gasteiger charge is 2.26. The molecular formula is C27H29FN6O. The lowest BCUT2D eigenvalue weighted by Gasteiger charge is -2.20. The molecule has 0 aliphatic carbocycles. The van der Waals surface area contributed by atoms with Crippen LogP contribution in [0.2, 0.25) is 0 Å². The number of imidazole rings is 1. The van der Waals surface area contributed by atoms with Gasteiger partial charge in [0.1, 0.15) is 11.6 Å². The number of nitrogens with zero attached hydrogens (tertiary/aromatic N) is 5. The lowest BCUT2D eigenvalue weighted by atomic mass is 10.1. The molecule has 180 valence electrons. The van der Waals surface area contributed by atoms with Crippen molar-refractivity contribution in [2.24, 2.45) is 5.92 Å². The summed E-state index contributed by atoms with van der Waals surface area (Å²) in [6.07, 6.45) is 8.99. The van der Waals surface area contributed by atoms with Crippen molar-refractivity contribution in [3.8, 4) is 28.3 Å². The molecule has 7 nitrogen and oxygen atoms in total. The molecule has 0 amide bonds. The van der Waals surface area contributed by atoms with E-state index in [0.29, 0.717) is 12.5 Å². The average Bonchev–Trinajstić information content (AvgIpc) is 3.62. The van der Waals surface area contributed by atoms with Gasteiger partial charge in [0.25, 0.3) is 0 Å². The van der Waals surface area contributed by atoms with Gasteiger partial charge in [-0.15, -0.1) is 0 Å². The van der Waals surface area contributed by atoms with Gasteiger partial charge in [-0.2, -0.15) is 0 Å². The van der Waals surface area contributed by atoms with E-state index in [1.54, 1.807) is 0 Å². The molecule has 1 unspecified atom stereocenters. The first-order chi connectivity index (χ1) is 17.1. The highest BCUT2D eigenvalue weighted by Crippen LogP contribution is 2.35. The minimum absolute atomic E-state index is 0.120. The average molecular weight is 473 g/mol. The van der Waals surface area contributed by atoms with E-state index < -0.39 is 0 Å². The van der Waals surface area contributed by atoms with E-state index in [2.05, 4.69) is 42.7 Å².